The molecule has 1 atom stereocenters. The van der Waals surface area contributed by atoms with Crippen LogP contribution >= 0.6 is 0 Å². The Bertz CT molecular complexity index is 296. The number of hydrogen-bond donors (Lipinski definition) is 2. The average Bonchev–Trinajstić information content (AvgIpc) is 2.63. The molecule has 0 rings (SSSR count). The summed E-state index contributed by atoms with van der Waals surface area (Å²) in [5, 5.41) is 5.12. The van der Waals surface area contributed by atoms with Crippen molar-refractivity contribution in [3.05, 3.63) is 36.7 Å². The van der Waals surface area contributed by atoms with Crippen LogP contribution in [0.3, 0.4) is 0 Å². The van der Waals surface area contributed by atoms with Crippen LogP contribution in [0, 0.1) is 0 Å². The van der Waals surface area contributed by atoms with E-state index < -0.39 is 0 Å². The predicted octanol–water partition coefficient (Wildman–Crippen LogP) is 5.38. The van der Waals surface area contributed by atoms with Crippen molar-refractivity contribution in [1.82, 2.24) is 20.7 Å². The van der Waals surface area contributed by atoms with E-state index in [1.54, 1.807) is 0 Å². The first-order valence-corrected chi connectivity index (χ1v) is 9.72. The standard InChI is InChI=1S/C10H20N2.C7H16N2.2C2H6/c1-6-8-12(5)10(11-4)9(3)7-2;1-4-5-6-7-8-9(2)3;2*1-2/h6,8,10-11H,3,7H2,1-2,4-5H3;6-8H,4-5H2,1-3H3;2*1-2H3/b8-6+;7-6-;;. The first-order valence-electron chi connectivity index (χ1n) is 9.72. The molecule has 4 heteroatoms. The van der Waals surface area contributed by atoms with Gasteiger partial charge in [-0.1, -0.05) is 66.7 Å². The summed E-state index contributed by atoms with van der Waals surface area (Å²) >= 11 is 0. The molecule has 152 valence electrons. The Kier molecular flexibility index (Phi) is 34.8. The minimum Gasteiger partial charge on any atom is -0.362 e. The quantitative estimate of drug-likeness (QED) is 0.330. The van der Waals surface area contributed by atoms with Crippen LogP contribution in [0.2, 0.25) is 0 Å². The lowest BCUT2D eigenvalue weighted by Crippen LogP contribution is -2.39. The number of hydrogen-bond acceptors (Lipinski definition) is 4. The molecule has 0 saturated heterocycles. The molecule has 0 aliphatic rings. The lowest BCUT2D eigenvalue weighted by Gasteiger charge is -2.27. The van der Waals surface area contributed by atoms with Crippen molar-refractivity contribution in [2.75, 3.05) is 28.2 Å². The summed E-state index contributed by atoms with van der Waals surface area (Å²) in [6, 6.07) is 0. The zero-order chi connectivity index (χ0) is 20.7. The lowest BCUT2D eigenvalue weighted by atomic mass is 10.1. The highest BCUT2D eigenvalue weighted by Crippen LogP contribution is 2.07. The van der Waals surface area contributed by atoms with E-state index >= 15 is 0 Å². The molecule has 0 bridgehead atoms. The monoisotopic (exact) mass is 356 g/mol. The highest BCUT2D eigenvalue weighted by molar-refractivity contribution is 5.05. The Morgan fingerprint density at radius 1 is 1.08 bits per heavy atom. The Labute approximate surface area is 160 Å². The molecule has 0 spiro atoms. The van der Waals surface area contributed by atoms with Crippen LogP contribution in [0.4, 0.5) is 0 Å². The molecule has 0 amide bonds. The highest BCUT2D eigenvalue weighted by Gasteiger charge is 2.10. The third-order valence-electron chi connectivity index (χ3n) is 2.81. The van der Waals surface area contributed by atoms with Gasteiger partial charge >= 0.3 is 0 Å². The Morgan fingerprint density at radius 3 is 1.92 bits per heavy atom. The van der Waals surface area contributed by atoms with Gasteiger partial charge in [-0.2, -0.15) is 0 Å². The van der Waals surface area contributed by atoms with E-state index in [-0.39, 0.29) is 6.17 Å². The van der Waals surface area contributed by atoms with E-state index in [1.165, 1.54) is 12.0 Å². The minimum atomic E-state index is 0.256. The second kappa shape index (κ2) is 27.6. The molecule has 0 saturated carbocycles. The molecule has 2 N–H and O–H groups in total. The number of hydrazine groups is 1. The van der Waals surface area contributed by atoms with Crippen molar-refractivity contribution >= 4 is 0 Å². The smallest absolute Gasteiger partial charge is 0.100 e. The maximum atomic E-state index is 4.01. The molecule has 0 aromatic heterocycles. The summed E-state index contributed by atoms with van der Waals surface area (Å²) < 4.78 is 0. The maximum Gasteiger partial charge on any atom is 0.100 e. The molecule has 25 heavy (non-hydrogen) atoms. The fourth-order valence-electron chi connectivity index (χ4n) is 1.66. The second-order valence-corrected chi connectivity index (χ2v) is 5.07. The summed E-state index contributed by atoms with van der Waals surface area (Å²) in [6.07, 6.45) is 11.8. The summed E-state index contributed by atoms with van der Waals surface area (Å²) in [4.78, 5) is 2.12. The predicted molar refractivity (Wildman–Crippen MR) is 118 cm³/mol. The van der Waals surface area contributed by atoms with Crippen LogP contribution in [0.15, 0.2) is 36.7 Å². The van der Waals surface area contributed by atoms with Gasteiger partial charge in [0.15, 0.2) is 0 Å². The number of rotatable bonds is 9. The molecule has 4 nitrogen and oxygen atoms in total. The molecule has 0 heterocycles. The van der Waals surface area contributed by atoms with Crippen molar-refractivity contribution < 1.29 is 0 Å². The van der Waals surface area contributed by atoms with Crippen molar-refractivity contribution in [2.24, 2.45) is 0 Å². The molecule has 0 aliphatic carbocycles. The van der Waals surface area contributed by atoms with Gasteiger partial charge in [-0.15, -0.1) is 0 Å². The average molecular weight is 357 g/mol. The first-order chi connectivity index (χ1) is 11.9. The van der Waals surface area contributed by atoms with Gasteiger partial charge in [-0.05, 0) is 38.6 Å². The summed E-state index contributed by atoms with van der Waals surface area (Å²) in [5.41, 5.74) is 4.24. The number of nitrogens with zero attached hydrogens (tertiary/aromatic N) is 2. The third kappa shape index (κ3) is 25.1. The van der Waals surface area contributed by atoms with Crippen LogP contribution in [-0.2, 0) is 0 Å². The normalized spacial score (nSPS) is 10.9. The molecule has 0 aliphatic heterocycles. The number of likely N-dealkylation sites (N-methyl/N-ethyl adjacent to an activating group) is 2. The van der Waals surface area contributed by atoms with Gasteiger partial charge in [-0.25, -0.2) is 5.01 Å². The highest BCUT2D eigenvalue weighted by atomic mass is 15.5. The number of unbranched alkanes of at least 4 members (excludes halogenated alkanes) is 1. The molecule has 1 unspecified atom stereocenters. The maximum absolute atomic E-state index is 4.01. The Morgan fingerprint density at radius 2 is 1.60 bits per heavy atom. The van der Waals surface area contributed by atoms with Crippen molar-refractivity contribution in [2.45, 2.75) is 73.9 Å². The van der Waals surface area contributed by atoms with Gasteiger partial charge in [0.1, 0.15) is 6.17 Å². The topological polar surface area (TPSA) is 30.5 Å². The molecular weight excluding hydrogens is 308 g/mol. The summed E-state index contributed by atoms with van der Waals surface area (Å²) in [5.74, 6) is 0. The van der Waals surface area contributed by atoms with Gasteiger partial charge in [0.05, 0.1) is 0 Å². The van der Waals surface area contributed by atoms with E-state index in [0.717, 1.165) is 12.8 Å². The summed E-state index contributed by atoms with van der Waals surface area (Å²) in [6.45, 7) is 18.3. The van der Waals surface area contributed by atoms with E-state index in [4.69, 9.17) is 0 Å². The van der Waals surface area contributed by atoms with Gasteiger partial charge in [0.2, 0.25) is 0 Å². The SMILES string of the molecule is C=C(CC)C(NC)N(C)/C=C/C.CC.CC.CCC/C=C\NN(C)C. The van der Waals surface area contributed by atoms with Crippen LogP contribution in [0.5, 0.6) is 0 Å². The minimum absolute atomic E-state index is 0.256. The van der Waals surface area contributed by atoms with Crippen LogP contribution in [0.1, 0.15) is 67.7 Å². The zero-order valence-electron chi connectivity index (χ0n) is 19.1. The van der Waals surface area contributed by atoms with Gasteiger partial charge < -0.3 is 10.3 Å². The van der Waals surface area contributed by atoms with Crippen LogP contribution in [0.25, 0.3) is 0 Å². The fraction of sp³-hybridized carbons (Fsp3) is 0.714. The van der Waals surface area contributed by atoms with Crippen molar-refractivity contribution in [3.63, 3.8) is 0 Å². The number of allylic oxidation sites excluding steroid dienone is 2. The lowest BCUT2D eigenvalue weighted by molar-refractivity contribution is 0.326. The third-order valence-corrected chi connectivity index (χ3v) is 2.81. The Hall–Kier alpha value is -1.26. The van der Waals surface area contributed by atoms with Crippen LogP contribution < -0.4 is 10.7 Å². The van der Waals surface area contributed by atoms with Gasteiger partial charge in [-0.3, -0.25) is 5.32 Å². The van der Waals surface area contributed by atoms with Crippen molar-refractivity contribution in [1.29, 1.82) is 0 Å². The Balaban J connectivity index is -0.000000150. The molecular formula is C21H48N4. The molecule has 0 radical (unpaired) electrons. The van der Waals surface area contributed by atoms with E-state index in [9.17, 15) is 0 Å². The van der Waals surface area contributed by atoms with E-state index in [0.29, 0.717) is 0 Å². The number of nitrogens with one attached hydrogen (secondary N) is 2. The molecule has 0 aromatic carbocycles. The largest absolute Gasteiger partial charge is 0.362 e. The zero-order valence-corrected chi connectivity index (χ0v) is 19.1. The fourth-order valence-corrected chi connectivity index (χ4v) is 1.66. The van der Waals surface area contributed by atoms with Crippen molar-refractivity contribution in [3.8, 4) is 0 Å². The summed E-state index contributed by atoms with van der Waals surface area (Å²) in [7, 11) is 7.93. The molecule has 0 aromatic rings. The van der Waals surface area contributed by atoms with E-state index in [2.05, 4.69) is 42.1 Å². The van der Waals surface area contributed by atoms with Crippen LogP contribution in [-0.4, -0.2) is 44.3 Å². The van der Waals surface area contributed by atoms with Gasteiger partial charge in [0, 0.05) is 27.3 Å². The molecule has 0 fully saturated rings. The second-order valence-electron chi connectivity index (χ2n) is 5.07. The van der Waals surface area contributed by atoms with E-state index in [1.807, 2.05) is 86.3 Å². The first kappa shape index (κ1) is 31.5. The van der Waals surface area contributed by atoms with Gasteiger partial charge in [0.25, 0.3) is 0 Å².